The fourth-order valence-electron chi connectivity index (χ4n) is 6.49. The standard InChI is InChI=1S/C30H25NO5/c32-25(19-10-5-2-6-11-19)17-36-30(35)20-12-7-13-22(14-20)31-28(33)26-21-15-23(18-8-3-1-4-9-18)24(16-21)27(26)29(31)34/h1-14,21,23-24,26-27H,15-17H2/t21-,23-,24+,26+,27+/m0/s1. The summed E-state index contributed by atoms with van der Waals surface area (Å²) in [5, 5.41) is 0. The van der Waals surface area contributed by atoms with Crippen molar-refractivity contribution in [2.45, 2.75) is 18.8 Å². The molecular weight excluding hydrogens is 454 g/mol. The number of carbonyl (C=O) groups excluding carboxylic acids is 4. The molecule has 1 heterocycles. The monoisotopic (exact) mass is 479 g/mol. The number of hydrogen-bond donors (Lipinski definition) is 0. The summed E-state index contributed by atoms with van der Waals surface area (Å²) in [5.74, 6) is -1.30. The van der Waals surface area contributed by atoms with E-state index in [-0.39, 0.29) is 59.4 Å². The molecule has 3 aromatic carbocycles. The predicted octanol–water partition coefficient (Wildman–Crippen LogP) is 4.66. The van der Waals surface area contributed by atoms with Crippen LogP contribution in [0.1, 0.15) is 45.0 Å². The van der Waals surface area contributed by atoms with Gasteiger partial charge in [0, 0.05) is 5.56 Å². The number of amides is 2. The number of ether oxygens (including phenoxy) is 1. The van der Waals surface area contributed by atoms with Gasteiger partial charge in [-0.25, -0.2) is 4.79 Å². The average Bonchev–Trinajstić information content (AvgIpc) is 3.59. The first-order valence-electron chi connectivity index (χ1n) is 12.3. The highest BCUT2D eigenvalue weighted by Crippen LogP contribution is 2.61. The van der Waals surface area contributed by atoms with Gasteiger partial charge >= 0.3 is 5.97 Å². The molecule has 0 radical (unpaired) electrons. The third-order valence-electron chi connectivity index (χ3n) is 8.01. The molecule has 2 aliphatic carbocycles. The highest BCUT2D eigenvalue weighted by molar-refractivity contribution is 6.23. The highest BCUT2D eigenvalue weighted by Gasteiger charge is 2.64. The Kier molecular flexibility index (Phi) is 5.52. The molecule has 1 saturated heterocycles. The number of ketones is 1. The highest BCUT2D eigenvalue weighted by atomic mass is 16.5. The second kappa shape index (κ2) is 8.86. The van der Waals surface area contributed by atoms with E-state index in [1.54, 1.807) is 48.5 Å². The molecule has 2 bridgehead atoms. The van der Waals surface area contributed by atoms with Crippen LogP contribution in [0, 0.1) is 23.7 Å². The molecule has 6 nitrogen and oxygen atoms in total. The first-order chi connectivity index (χ1) is 17.5. The van der Waals surface area contributed by atoms with Crippen LogP contribution < -0.4 is 4.90 Å². The summed E-state index contributed by atoms with van der Waals surface area (Å²) in [6.07, 6.45) is 1.83. The number of esters is 1. The lowest BCUT2D eigenvalue weighted by atomic mass is 9.73. The minimum atomic E-state index is -0.676. The summed E-state index contributed by atoms with van der Waals surface area (Å²) in [7, 11) is 0. The lowest BCUT2D eigenvalue weighted by Crippen LogP contribution is -2.33. The van der Waals surface area contributed by atoms with Crippen molar-refractivity contribution in [1.29, 1.82) is 0 Å². The number of Topliss-reactive ketones (excluding diaryl/α,β-unsaturated/α-hetero) is 1. The number of nitrogens with zero attached hydrogens (tertiary/aromatic N) is 1. The Balaban J connectivity index is 1.19. The van der Waals surface area contributed by atoms with E-state index in [2.05, 4.69) is 12.1 Å². The Morgan fingerprint density at radius 3 is 2.19 bits per heavy atom. The Morgan fingerprint density at radius 2 is 1.44 bits per heavy atom. The lowest BCUT2D eigenvalue weighted by molar-refractivity contribution is -0.123. The van der Waals surface area contributed by atoms with Crippen LogP contribution in [0.2, 0.25) is 0 Å². The zero-order chi connectivity index (χ0) is 24.8. The molecule has 2 amide bonds. The van der Waals surface area contributed by atoms with Gasteiger partial charge < -0.3 is 4.74 Å². The van der Waals surface area contributed by atoms with E-state index >= 15 is 0 Å². The van der Waals surface area contributed by atoms with E-state index < -0.39 is 5.97 Å². The molecular formula is C30H25NO5. The van der Waals surface area contributed by atoms with E-state index in [0.717, 1.165) is 12.8 Å². The van der Waals surface area contributed by atoms with Crippen LogP contribution in [0.4, 0.5) is 5.69 Å². The molecule has 1 aliphatic heterocycles. The topological polar surface area (TPSA) is 80.8 Å². The molecule has 2 saturated carbocycles. The molecule has 6 heteroatoms. The van der Waals surface area contributed by atoms with Gasteiger partial charge in [-0.05, 0) is 54.4 Å². The molecule has 0 N–H and O–H groups in total. The second-order valence-corrected chi connectivity index (χ2v) is 9.89. The number of hydrogen-bond acceptors (Lipinski definition) is 5. The number of anilines is 1. The summed E-state index contributed by atoms with van der Waals surface area (Å²) in [5.41, 5.74) is 2.26. The van der Waals surface area contributed by atoms with Crippen molar-refractivity contribution in [3.63, 3.8) is 0 Å². The van der Waals surface area contributed by atoms with Crippen LogP contribution >= 0.6 is 0 Å². The molecule has 0 unspecified atom stereocenters. The Hall–Kier alpha value is -4.06. The molecule has 3 fully saturated rings. The first-order valence-corrected chi connectivity index (χ1v) is 12.3. The Labute approximate surface area is 208 Å². The number of imide groups is 1. The fourth-order valence-corrected chi connectivity index (χ4v) is 6.49. The molecule has 0 spiro atoms. The van der Waals surface area contributed by atoms with Crippen LogP contribution in [0.15, 0.2) is 84.9 Å². The predicted molar refractivity (Wildman–Crippen MR) is 132 cm³/mol. The normalized spacial score (nSPS) is 26.2. The zero-order valence-corrected chi connectivity index (χ0v) is 19.6. The maximum Gasteiger partial charge on any atom is 0.338 e. The minimum Gasteiger partial charge on any atom is -0.454 e. The Morgan fingerprint density at radius 1 is 0.778 bits per heavy atom. The quantitative estimate of drug-likeness (QED) is 0.292. The van der Waals surface area contributed by atoms with Crippen LogP contribution in [0.3, 0.4) is 0 Å². The lowest BCUT2D eigenvalue weighted by Gasteiger charge is -2.28. The van der Waals surface area contributed by atoms with Gasteiger partial charge in [0.2, 0.25) is 11.8 Å². The fraction of sp³-hybridized carbons (Fsp3) is 0.267. The maximum absolute atomic E-state index is 13.6. The van der Waals surface area contributed by atoms with E-state index in [1.807, 2.05) is 18.2 Å². The van der Waals surface area contributed by atoms with Crippen molar-refractivity contribution in [3.8, 4) is 0 Å². The van der Waals surface area contributed by atoms with Crippen LogP contribution in [-0.4, -0.2) is 30.2 Å². The molecule has 0 aromatic heterocycles. The van der Waals surface area contributed by atoms with Gasteiger partial charge in [0.05, 0.1) is 23.1 Å². The van der Waals surface area contributed by atoms with Gasteiger partial charge in [-0.2, -0.15) is 0 Å². The summed E-state index contributed by atoms with van der Waals surface area (Å²) in [6.45, 7) is -0.386. The number of fused-ring (bicyclic) bond motifs is 5. The molecule has 36 heavy (non-hydrogen) atoms. The van der Waals surface area contributed by atoms with Crippen LogP contribution in [0.25, 0.3) is 0 Å². The van der Waals surface area contributed by atoms with Crippen molar-refractivity contribution < 1.29 is 23.9 Å². The van der Waals surface area contributed by atoms with E-state index in [9.17, 15) is 19.2 Å². The van der Waals surface area contributed by atoms with E-state index in [0.29, 0.717) is 11.3 Å². The third-order valence-corrected chi connectivity index (χ3v) is 8.01. The SMILES string of the molecule is O=C(COC(=O)c1cccc(N2C(=O)[C@@H]3[C@@H]4C[C@@H]([C@H]3C2=O)[C@H](c2ccccc2)C4)c1)c1ccccc1. The largest absolute Gasteiger partial charge is 0.454 e. The molecule has 3 aliphatic rings. The van der Waals surface area contributed by atoms with Gasteiger partial charge in [0.1, 0.15) is 0 Å². The Bertz CT molecular complexity index is 1350. The van der Waals surface area contributed by atoms with E-state index in [4.69, 9.17) is 4.74 Å². The molecule has 5 atom stereocenters. The summed E-state index contributed by atoms with van der Waals surface area (Å²) >= 11 is 0. The van der Waals surface area contributed by atoms with Crippen molar-refractivity contribution >= 4 is 29.3 Å². The number of benzene rings is 3. The van der Waals surface area contributed by atoms with Crippen LogP contribution in [-0.2, 0) is 14.3 Å². The van der Waals surface area contributed by atoms with Crippen molar-refractivity contribution in [2.75, 3.05) is 11.5 Å². The van der Waals surface area contributed by atoms with Gasteiger partial charge in [-0.1, -0.05) is 66.7 Å². The van der Waals surface area contributed by atoms with Gasteiger partial charge in [0.25, 0.3) is 0 Å². The van der Waals surface area contributed by atoms with Crippen molar-refractivity contribution in [1.82, 2.24) is 0 Å². The molecule has 3 aromatic rings. The smallest absolute Gasteiger partial charge is 0.338 e. The number of carbonyl (C=O) groups is 4. The van der Waals surface area contributed by atoms with Crippen molar-refractivity contribution in [3.05, 3.63) is 102 Å². The maximum atomic E-state index is 13.6. The zero-order valence-electron chi connectivity index (χ0n) is 19.6. The van der Waals surface area contributed by atoms with Crippen LogP contribution in [0.5, 0.6) is 0 Å². The first kappa shape index (κ1) is 22.4. The molecule has 6 rings (SSSR count). The molecule has 180 valence electrons. The van der Waals surface area contributed by atoms with Gasteiger partial charge in [-0.15, -0.1) is 0 Å². The second-order valence-electron chi connectivity index (χ2n) is 9.89. The average molecular weight is 480 g/mol. The van der Waals surface area contributed by atoms with E-state index in [1.165, 1.54) is 16.5 Å². The number of rotatable bonds is 6. The summed E-state index contributed by atoms with van der Waals surface area (Å²) in [4.78, 5) is 53.2. The van der Waals surface area contributed by atoms with Gasteiger partial charge in [0.15, 0.2) is 12.4 Å². The summed E-state index contributed by atoms with van der Waals surface area (Å²) < 4.78 is 5.22. The van der Waals surface area contributed by atoms with Gasteiger partial charge in [-0.3, -0.25) is 19.3 Å². The third kappa shape index (κ3) is 3.65. The summed E-state index contributed by atoms with van der Waals surface area (Å²) in [6, 6.07) is 25.2. The minimum absolute atomic E-state index is 0.154. The van der Waals surface area contributed by atoms with Crippen molar-refractivity contribution in [2.24, 2.45) is 23.7 Å².